The molecule has 0 spiro atoms. The summed E-state index contributed by atoms with van der Waals surface area (Å²) in [4.78, 5) is 6.93. The van der Waals surface area contributed by atoms with E-state index in [1.807, 2.05) is 0 Å². The van der Waals surface area contributed by atoms with Crippen molar-refractivity contribution in [2.45, 2.75) is 0 Å². The highest BCUT2D eigenvalue weighted by Gasteiger charge is 2.05. The number of thiazole rings is 1. The summed E-state index contributed by atoms with van der Waals surface area (Å²) in [6, 6.07) is 21.3. The number of aromatic nitrogens is 1. The van der Waals surface area contributed by atoms with Crippen molar-refractivity contribution in [3.8, 4) is 0 Å². The Labute approximate surface area is 145 Å². The highest BCUT2D eigenvalue weighted by molar-refractivity contribution is 7.19. The number of hydrogen-bond donors (Lipinski definition) is 0. The van der Waals surface area contributed by atoms with Gasteiger partial charge in [0.15, 0.2) is 0 Å². The Kier molecular flexibility index (Phi) is 3.79. The van der Waals surface area contributed by atoms with Gasteiger partial charge >= 0.3 is 0 Å². The third kappa shape index (κ3) is 2.79. The van der Waals surface area contributed by atoms with E-state index in [0.717, 1.165) is 10.5 Å². The van der Waals surface area contributed by atoms with Crippen LogP contribution in [0, 0.1) is 0 Å². The Bertz CT molecular complexity index is 1030. The van der Waals surface area contributed by atoms with Crippen LogP contribution in [-0.2, 0) is 0 Å². The molecule has 1 heterocycles. The van der Waals surface area contributed by atoms with E-state index < -0.39 is 0 Å². The molecule has 0 aliphatic heterocycles. The lowest BCUT2D eigenvalue weighted by molar-refractivity contribution is 1.13. The predicted molar refractivity (Wildman–Crippen MR) is 107 cm³/mol. The van der Waals surface area contributed by atoms with Gasteiger partial charge in [0.25, 0.3) is 0 Å². The molecule has 0 aliphatic rings. The number of rotatable bonds is 3. The van der Waals surface area contributed by atoms with Crippen LogP contribution >= 0.6 is 11.3 Å². The Morgan fingerprint density at radius 2 is 1.67 bits per heavy atom. The van der Waals surface area contributed by atoms with Crippen LogP contribution in [0.15, 0.2) is 60.7 Å². The van der Waals surface area contributed by atoms with Gasteiger partial charge in [-0.25, -0.2) is 4.98 Å². The van der Waals surface area contributed by atoms with Crippen LogP contribution in [-0.4, -0.2) is 19.1 Å². The molecule has 0 N–H and O–H groups in total. The molecular formula is C21H18N2S. The molecule has 4 aromatic rings. The first kappa shape index (κ1) is 14.9. The fourth-order valence-corrected chi connectivity index (χ4v) is 3.69. The second-order valence-corrected chi connectivity index (χ2v) is 7.07. The van der Waals surface area contributed by atoms with E-state index in [1.54, 1.807) is 11.3 Å². The van der Waals surface area contributed by atoms with E-state index in [4.69, 9.17) is 4.98 Å². The quantitative estimate of drug-likeness (QED) is 0.480. The van der Waals surface area contributed by atoms with Crippen molar-refractivity contribution >= 4 is 50.2 Å². The second-order valence-electron chi connectivity index (χ2n) is 6.00. The lowest BCUT2D eigenvalue weighted by Gasteiger charge is -2.11. The Morgan fingerprint density at radius 3 is 2.46 bits per heavy atom. The van der Waals surface area contributed by atoms with E-state index in [1.165, 1.54) is 26.7 Å². The second kappa shape index (κ2) is 6.10. The molecule has 3 heteroatoms. The molecule has 3 aromatic carbocycles. The Morgan fingerprint density at radius 1 is 0.875 bits per heavy atom. The normalized spacial score (nSPS) is 11.6. The van der Waals surface area contributed by atoms with E-state index >= 15 is 0 Å². The summed E-state index contributed by atoms with van der Waals surface area (Å²) in [5, 5.41) is 3.50. The topological polar surface area (TPSA) is 16.1 Å². The number of anilines is 1. The molecule has 0 fully saturated rings. The maximum Gasteiger partial charge on any atom is 0.117 e. The van der Waals surface area contributed by atoms with Gasteiger partial charge in [-0.2, -0.15) is 0 Å². The first-order valence-corrected chi connectivity index (χ1v) is 8.76. The number of benzene rings is 3. The van der Waals surface area contributed by atoms with Crippen LogP contribution in [0.3, 0.4) is 0 Å². The molecule has 0 saturated heterocycles. The number of nitrogens with zero attached hydrogens (tertiary/aromatic N) is 2. The van der Waals surface area contributed by atoms with Crippen LogP contribution in [0.2, 0.25) is 0 Å². The van der Waals surface area contributed by atoms with Crippen molar-refractivity contribution in [1.29, 1.82) is 0 Å². The largest absolute Gasteiger partial charge is 0.378 e. The molecule has 0 aliphatic carbocycles. The summed E-state index contributed by atoms with van der Waals surface area (Å²) in [7, 11) is 4.10. The summed E-state index contributed by atoms with van der Waals surface area (Å²) >= 11 is 1.73. The van der Waals surface area contributed by atoms with Gasteiger partial charge in [-0.3, -0.25) is 0 Å². The molecule has 24 heavy (non-hydrogen) atoms. The standard InChI is InChI=1S/C21H18N2S/c1-23(2)17-11-7-15(8-12-17)9-14-20-22-21-18-6-4-3-5-16(18)10-13-19(21)24-20/h3-14H,1-2H3. The zero-order chi connectivity index (χ0) is 16.5. The van der Waals surface area contributed by atoms with Gasteiger partial charge in [0.2, 0.25) is 0 Å². The number of hydrogen-bond acceptors (Lipinski definition) is 3. The van der Waals surface area contributed by atoms with Gasteiger partial charge in [-0.15, -0.1) is 11.3 Å². The van der Waals surface area contributed by atoms with Crippen LogP contribution in [0.5, 0.6) is 0 Å². The molecule has 2 nitrogen and oxygen atoms in total. The average Bonchev–Trinajstić information content (AvgIpc) is 3.04. The molecule has 0 unspecified atom stereocenters. The first-order chi connectivity index (χ1) is 11.7. The summed E-state index contributed by atoms with van der Waals surface area (Å²) in [6.45, 7) is 0. The molecule has 0 amide bonds. The van der Waals surface area contributed by atoms with E-state index in [0.29, 0.717) is 0 Å². The van der Waals surface area contributed by atoms with Crippen molar-refractivity contribution in [2.24, 2.45) is 0 Å². The molecule has 0 radical (unpaired) electrons. The van der Waals surface area contributed by atoms with Gasteiger partial charge in [0.05, 0.1) is 10.2 Å². The minimum Gasteiger partial charge on any atom is -0.378 e. The van der Waals surface area contributed by atoms with Gasteiger partial charge in [0.1, 0.15) is 5.01 Å². The summed E-state index contributed by atoms with van der Waals surface area (Å²) in [5.74, 6) is 0. The van der Waals surface area contributed by atoms with Crippen LogP contribution < -0.4 is 4.90 Å². The molecule has 118 valence electrons. The lowest BCUT2D eigenvalue weighted by atomic mass is 10.1. The zero-order valence-corrected chi connectivity index (χ0v) is 14.5. The van der Waals surface area contributed by atoms with Crippen molar-refractivity contribution in [1.82, 2.24) is 4.98 Å². The van der Waals surface area contributed by atoms with Crippen molar-refractivity contribution in [3.05, 3.63) is 71.2 Å². The van der Waals surface area contributed by atoms with Gasteiger partial charge in [-0.05, 0) is 35.2 Å². The van der Waals surface area contributed by atoms with Gasteiger partial charge in [-0.1, -0.05) is 48.5 Å². The van der Waals surface area contributed by atoms with Crippen LogP contribution in [0.25, 0.3) is 33.1 Å². The van der Waals surface area contributed by atoms with E-state index in [9.17, 15) is 0 Å². The SMILES string of the molecule is CN(C)c1ccc(C=Cc2nc3c(ccc4ccccc43)s2)cc1. The monoisotopic (exact) mass is 330 g/mol. The molecule has 0 bridgehead atoms. The zero-order valence-electron chi connectivity index (χ0n) is 13.7. The minimum absolute atomic E-state index is 1.04. The summed E-state index contributed by atoms with van der Waals surface area (Å²) in [6.07, 6.45) is 4.23. The molecule has 4 rings (SSSR count). The van der Waals surface area contributed by atoms with Crippen LogP contribution in [0.1, 0.15) is 10.6 Å². The molecular weight excluding hydrogens is 312 g/mol. The van der Waals surface area contributed by atoms with Gasteiger partial charge < -0.3 is 4.90 Å². The third-order valence-corrected chi connectivity index (χ3v) is 5.11. The predicted octanol–water partition coefficient (Wildman–Crippen LogP) is 5.69. The smallest absolute Gasteiger partial charge is 0.117 e. The summed E-state index contributed by atoms with van der Waals surface area (Å²) < 4.78 is 1.23. The molecule has 0 atom stereocenters. The van der Waals surface area contributed by atoms with Crippen LogP contribution in [0.4, 0.5) is 5.69 Å². The fraction of sp³-hybridized carbons (Fsp3) is 0.0952. The highest BCUT2D eigenvalue weighted by Crippen LogP contribution is 2.30. The minimum atomic E-state index is 1.04. The maximum absolute atomic E-state index is 4.83. The van der Waals surface area contributed by atoms with Crippen molar-refractivity contribution < 1.29 is 0 Å². The Balaban J connectivity index is 1.68. The Hall–Kier alpha value is -2.65. The molecule has 1 aromatic heterocycles. The average molecular weight is 330 g/mol. The fourth-order valence-electron chi connectivity index (χ4n) is 2.80. The number of fused-ring (bicyclic) bond motifs is 3. The van der Waals surface area contributed by atoms with E-state index in [2.05, 4.69) is 91.8 Å². The van der Waals surface area contributed by atoms with Gasteiger partial charge in [0, 0.05) is 25.2 Å². The maximum atomic E-state index is 4.83. The lowest BCUT2D eigenvalue weighted by Crippen LogP contribution is -2.07. The molecule has 0 saturated carbocycles. The van der Waals surface area contributed by atoms with Crippen molar-refractivity contribution in [3.63, 3.8) is 0 Å². The first-order valence-electron chi connectivity index (χ1n) is 7.94. The summed E-state index contributed by atoms with van der Waals surface area (Å²) in [5.41, 5.74) is 3.49. The highest BCUT2D eigenvalue weighted by atomic mass is 32.1. The third-order valence-electron chi connectivity index (χ3n) is 4.13. The van der Waals surface area contributed by atoms with E-state index in [-0.39, 0.29) is 0 Å². The van der Waals surface area contributed by atoms with Crippen molar-refractivity contribution in [2.75, 3.05) is 19.0 Å².